The van der Waals surface area contributed by atoms with Crippen LogP contribution in [0.25, 0.3) is 16.6 Å². The van der Waals surface area contributed by atoms with Gasteiger partial charge in [-0.2, -0.15) is 4.98 Å². The summed E-state index contributed by atoms with van der Waals surface area (Å²) in [4.78, 5) is 20.7. The van der Waals surface area contributed by atoms with Gasteiger partial charge in [0.2, 0.25) is 0 Å². The second kappa shape index (κ2) is 8.97. The summed E-state index contributed by atoms with van der Waals surface area (Å²) in [6, 6.07) is 13.7. The molecule has 3 aromatic rings. The zero-order valence-electron chi connectivity index (χ0n) is 20.9. The molecule has 0 radical (unpaired) electrons. The molecule has 1 aromatic heterocycles. The lowest BCUT2D eigenvalue weighted by Gasteiger charge is -2.40. The van der Waals surface area contributed by atoms with Gasteiger partial charge in [0, 0.05) is 6.04 Å². The van der Waals surface area contributed by atoms with Crippen molar-refractivity contribution in [1.82, 2.24) is 19.8 Å². The van der Waals surface area contributed by atoms with Crippen LogP contribution in [0.5, 0.6) is 0 Å². The van der Waals surface area contributed by atoms with Crippen molar-refractivity contribution in [3.63, 3.8) is 0 Å². The third-order valence-electron chi connectivity index (χ3n) is 9.60. The van der Waals surface area contributed by atoms with Crippen LogP contribution in [0, 0.1) is 0 Å². The first kappa shape index (κ1) is 22.9. The highest BCUT2D eigenvalue weighted by Gasteiger charge is 2.46. The maximum Gasteiger partial charge on any atom is 0.282 e. The van der Waals surface area contributed by atoms with E-state index in [9.17, 15) is 4.79 Å². The first-order valence-electron chi connectivity index (χ1n) is 14.0. The van der Waals surface area contributed by atoms with Crippen molar-refractivity contribution in [2.45, 2.75) is 75.2 Å². The zero-order valence-corrected chi connectivity index (χ0v) is 21.7. The SMILES string of the molecule is O=c1nc2n(c3cccc(Cl)c13)-c1ccc(C3CCN(C4CCNCC4)CC3)cc1C21CCCCC1. The van der Waals surface area contributed by atoms with Crippen LogP contribution < -0.4 is 10.9 Å². The molecule has 4 heterocycles. The topological polar surface area (TPSA) is 50.2 Å². The van der Waals surface area contributed by atoms with Gasteiger partial charge in [-0.15, -0.1) is 0 Å². The fourth-order valence-electron chi connectivity index (χ4n) is 7.72. The lowest BCUT2D eigenvalue weighted by atomic mass is 9.69. The van der Waals surface area contributed by atoms with E-state index in [1.165, 1.54) is 74.8 Å². The molecular weight excluding hydrogens is 468 g/mol. The summed E-state index contributed by atoms with van der Waals surface area (Å²) in [5, 5.41) is 4.53. The van der Waals surface area contributed by atoms with Gasteiger partial charge in [0.15, 0.2) is 0 Å². The Bertz CT molecular complexity index is 1360. The molecule has 2 aromatic carbocycles. The molecule has 4 aliphatic rings. The minimum Gasteiger partial charge on any atom is -0.317 e. The first-order valence-corrected chi connectivity index (χ1v) is 14.3. The molecule has 6 heteroatoms. The van der Waals surface area contributed by atoms with Gasteiger partial charge in [-0.3, -0.25) is 9.36 Å². The number of likely N-dealkylation sites (tertiary alicyclic amines) is 1. The summed E-state index contributed by atoms with van der Waals surface area (Å²) in [6.07, 6.45) is 10.8. The number of nitrogens with one attached hydrogen (secondary N) is 1. The van der Waals surface area contributed by atoms with E-state index in [0.29, 0.717) is 16.3 Å². The van der Waals surface area contributed by atoms with Crippen molar-refractivity contribution in [3.05, 3.63) is 68.7 Å². The second-order valence-corrected chi connectivity index (χ2v) is 11.8. The van der Waals surface area contributed by atoms with Gasteiger partial charge in [-0.05, 0) is 99.9 Å². The van der Waals surface area contributed by atoms with Crippen LogP contribution in [-0.2, 0) is 5.41 Å². The predicted octanol–water partition coefficient (Wildman–Crippen LogP) is 5.53. The largest absolute Gasteiger partial charge is 0.317 e. The monoisotopic (exact) mass is 502 g/mol. The van der Waals surface area contributed by atoms with Crippen molar-refractivity contribution < 1.29 is 0 Å². The average Bonchev–Trinajstić information content (AvgIpc) is 3.18. The average molecular weight is 503 g/mol. The van der Waals surface area contributed by atoms with E-state index < -0.39 is 0 Å². The van der Waals surface area contributed by atoms with E-state index in [2.05, 4.69) is 33.0 Å². The number of hydrogen-bond acceptors (Lipinski definition) is 4. The summed E-state index contributed by atoms with van der Waals surface area (Å²) in [6.45, 7) is 4.73. The number of halogens is 1. The number of hydrogen-bond donors (Lipinski definition) is 1. The van der Waals surface area contributed by atoms with Crippen LogP contribution in [0.2, 0.25) is 5.02 Å². The van der Waals surface area contributed by atoms with Crippen LogP contribution >= 0.6 is 11.6 Å². The summed E-state index contributed by atoms with van der Waals surface area (Å²) >= 11 is 6.50. The van der Waals surface area contributed by atoms with Gasteiger partial charge >= 0.3 is 0 Å². The molecule has 3 aliphatic heterocycles. The van der Waals surface area contributed by atoms with Crippen molar-refractivity contribution >= 4 is 22.5 Å². The molecule has 188 valence electrons. The number of fused-ring (bicyclic) bond motifs is 7. The van der Waals surface area contributed by atoms with Gasteiger partial charge in [-0.1, -0.05) is 49.1 Å². The summed E-state index contributed by atoms with van der Waals surface area (Å²) < 4.78 is 2.26. The highest BCUT2D eigenvalue weighted by Crippen LogP contribution is 2.52. The van der Waals surface area contributed by atoms with Crippen molar-refractivity contribution in [2.24, 2.45) is 0 Å². The fraction of sp³-hybridized carbons (Fsp3) is 0.533. The molecule has 0 amide bonds. The van der Waals surface area contributed by atoms with E-state index in [-0.39, 0.29) is 11.0 Å². The molecule has 1 spiro atoms. The van der Waals surface area contributed by atoms with E-state index in [1.54, 1.807) is 6.07 Å². The Morgan fingerprint density at radius 3 is 2.53 bits per heavy atom. The standard InChI is InChI=1S/C30H35ClN4O/c31-24-5-4-6-26-27(24)28(36)33-29-30(13-2-1-3-14-30)23-19-21(7-8-25(23)35(26)29)20-11-17-34(18-12-20)22-9-15-32-16-10-22/h4-8,19-20,22,32H,1-3,9-18H2. The predicted molar refractivity (Wildman–Crippen MR) is 146 cm³/mol. The van der Waals surface area contributed by atoms with E-state index in [4.69, 9.17) is 16.6 Å². The molecule has 1 N–H and O–H groups in total. The lowest BCUT2D eigenvalue weighted by molar-refractivity contribution is 0.127. The third kappa shape index (κ3) is 3.50. The summed E-state index contributed by atoms with van der Waals surface area (Å²) in [7, 11) is 0. The second-order valence-electron chi connectivity index (χ2n) is 11.4. The first-order chi connectivity index (χ1) is 17.7. The maximum atomic E-state index is 13.2. The van der Waals surface area contributed by atoms with E-state index >= 15 is 0 Å². The van der Waals surface area contributed by atoms with Crippen LogP contribution in [0.4, 0.5) is 0 Å². The molecule has 3 fully saturated rings. The Labute approximate surface area is 217 Å². The smallest absolute Gasteiger partial charge is 0.282 e. The fourth-order valence-corrected chi connectivity index (χ4v) is 7.97. The van der Waals surface area contributed by atoms with E-state index in [0.717, 1.165) is 43.3 Å². The van der Waals surface area contributed by atoms with Gasteiger partial charge < -0.3 is 10.2 Å². The van der Waals surface area contributed by atoms with E-state index in [1.807, 2.05) is 12.1 Å². The summed E-state index contributed by atoms with van der Waals surface area (Å²) in [5.41, 5.74) is 4.60. The Kier molecular flexibility index (Phi) is 5.72. The Morgan fingerprint density at radius 1 is 0.972 bits per heavy atom. The van der Waals surface area contributed by atoms with Crippen LogP contribution in [-0.4, -0.2) is 46.7 Å². The lowest BCUT2D eigenvalue weighted by Crippen LogP contribution is -2.46. The number of rotatable bonds is 2. The minimum absolute atomic E-state index is 0.158. The van der Waals surface area contributed by atoms with Crippen molar-refractivity contribution in [3.8, 4) is 5.69 Å². The number of piperidine rings is 2. The van der Waals surface area contributed by atoms with Gasteiger partial charge in [-0.25, -0.2) is 0 Å². The van der Waals surface area contributed by atoms with Crippen LogP contribution in [0.3, 0.4) is 0 Å². The Hall–Kier alpha value is -2.21. The van der Waals surface area contributed by atoms with Crippen LogP contribution in [0.15, 0.2) is 41.2 Å². The Morgan fingerprint density at radius 2 is 1.75 bits per heavy atom. The molecule has 0 atom stereocenters. The third-order valence-corrected chi connectivity index (χ3v) is 9.92. The molecule has 2 saturated heterocycles. The normalized spacial score (nSPS) is 22.7. The maximum absolute atomic E-state index is 13.2. The highest BCUT2D eigenvalue weighted by atomic mass is 35.5. The quantitative estimate of drug-likeness (QED) is 0.500. The van der Waals surface area contributed by atoms with Gasteiger partial charge in [0.25, 0.3) is 5.56 Å². The number of nitrogens with zero attached hydrogens (tertiary/aromatic N) is 3. The van der Waals surface area contributed by atoms with Gasteiger partial charge in [0.05, 0.1) is 27.0 Å². The van der Waals surface area contributed by atoms with Crippen LogP contribution in [0.1, 0.15) is 80.7 Å². The Balaban J connectivity index is 1.28. The molecule has 1 saturated carbocycles. The zero-order chi connectivity index (χ0) is 24.3. The number of benzene rings is 2. The summed E-state index contributed by atoms with van der Waals surface area (Å²) in [5.74, 6) is 1.55. The molecule has 5 nitrogen and oxygen atoms in total. The minimum atomic E-state index is -0.190. The number of aromatic nitrogens is 2. The molecule has 0 bridgehead atoms. The molecule has 1 aliphatic carbocycles. The van der Waals surface area contributed by atoms with Crippen molar-refractivity contribution in [2.75, 3.05) is 26.2 Å². The molecular formula is C30H35ClN4O. The van der Waals surface area contributed by atoms with Gasteiger partial charge in [0.1, 0.15) is 5.82 Å². The van der Waals surface area contributed by atoms with Crippen molar-refractivity contribution in [1.29, 1.82) is 0 Å². The molecule has 36 heavy (non-hydrogen) atoms. The molecule has 0 unspecified atom stereocenters. The molecule has 7 rings (SSSR count). The highest BCUT2D eigenvalue weighted by molar-refractivity contribution is 6.35.